The average molecular weight is 248 g/mol. The molecule has 2 rings (SSSR count). The zero-order valence-corrected chi connectivity index (χ0v) is 11.5. The summed E-state index contributed by atoms with van der Waals surface area (Å²) in [6.45, 7) is 3.86. The van der Waals surface area contributed by atoms with Gasteiger partial charge in [-0.25, -0.2) is 9.97 Å². The molecular weight excluding hydrogens is 224 g/mol. The van der Waals surface area contributed by atoms with Crippen molar-refractivity contribution >= 4 is 5.82 Å². The molecule has 4 nitrogen and oxygen atoms in total. The lowest BCUT2D eigenvalue weighted by molar-refractivity contribution is 0.585. The third-order valence-corrected chi connectivity index (χ3v) is 3.70. The topological polar surface area (TPSA) is 55.0 Å². The zero-order valence-electron chi connectivity index (χ0n) is 11.5. The molecule has 0 amide bonds. The molecule has 1 atom stereocenters. The summed E-state index contributed by atoms with van der Waals surface area (Å²) in [5.74, 6) is 1.61. The van der Waals surface area contributed by atoms with Crippen LogP contribution < -0.4 is 10.6 Å². The fraction of sp³-hybridized carbons (Fsp3) is 0.714. The van der Waals surface area contributed by atoms with Gasteiger partial charge in [-0.15, -0.1) is 0 Å². The number of nitrogens with two attached hydrogens (primary N) is 1. The van der Waals surface area contributed by atoms with Crippen molar-refractivity contribution in [2.75, 3.05) is 25.0 Å². The molecule has 1 heterocycles. The highest BCUT2D eigenvalue weighted by Crippen LogP contribution is 2.26. The molecule has 1 aliphatic rings. The third-order valence-electron chi connectivity index (χ3n) is 3.70. The second-order valence-electron chi connectivity index (χ2n) is 5.40. The van der Waals surface area contributed by atoms with Gasteiger partial charge in [0.2, 0.25) is 0 Å². The molecule has 0 radical (unpaired) electrons. The van der Waals surface area contributed by atoms with Gasteiger partial charge in [-0.1, -0.05) is 13.3 Å². The fourth-order valence-corrected chi connectivity index (χ4v) is 2.64. The number of aromatic nitrogens is 2. The van der Waals surface area contributed by atoms with Crippen LogP contribution in [0.15, 0.2) is 6.33 Å². The monoisotopic (exact) mass is 248 g/mol. The Kier molecular flexibility index (Phi) is 4.53. The van der Waals surface area contributed by atoms with E-state index >= 15 is 0 Å². The van der Waals surface area contributed by atoms with Crippen molar-refractivity contribution in [2.45, 2.75) is 39.0 Å². The van der Waals surface area contributed by atoms with E-state index in [2.05, 4.69) is 28.8 Å². The zero-order chi connectivity index (χ0) is 13.0. The van der Waals surface area contributed by atoms with Crippen molar-refractivity contribution in [1.82, 2.24) is 9.97 Å². The van der Waals surface area contributed by atoms with Crippen molar-refractivity contribution in [1.29, 1.82) is 0 Å². The first kappa shape index (κ1) is 13.3. The van der Waals surface area contributed by atoms with Crippen molar-refractivity contribution in [2.24, 2.45) is 11.7 Å². The van der Waals surface area contributed by atoms with Gasteiger partial charge in [0.05, 0.1) is 0 Å². The Morgan fingerprint density at radius 2 is 2.06 bits per heavy atom. The van der Waals surface area contributed by atoms with E-state index in [0.717, 1.165) is 31.7 Å². The van der Waals surface area contributed by atoms with E-state index in [1.54, 1.807) is 6.33 Å². The molecule has 0 saturated carbocycles. The Morgan fingerprint density at radius 3 is 2.83 bits per heavy atom. The van der Waals surface area contributed by atoms with Gasteiger partial charge >= 0.3 is 0 Å². The van der Waals surface area contributed by atoms with E-state index in [9.17, 15) is 0 Å². The van der Waals surface area contributed by atoms with Gasteiger partial charge in [0.15, 0.2) is 0 Å². The summed E-state index contributed by atoms with van der Waals surface area (Å²) < 4.78 is 0. The van der Waals surface area contributed by atoms with Crippen LogP contribution in [0.1, 0.15) is 37.4 Å². The first-order valence-corrected chi connectivity index (χ1v) is 6.96. The van der Waals surface area contributed by atoms with Crippen LogP contribution in [-0.2, 0) is 12.8 Å². The number of nitrogens with zero attached hydrogens (tertiary/aromatic N) is 3. The van der Waals surface area contributed by atoms with E-state index < -0.39 is 0 Å². The van der Waals surface area contributed by atoms with Gasteiger partial charge < -0.3 is 10.6 Å². The first-order valence-electron chi connectivity index (χ1n) is 6.96. The van der Waals surface area contributed by atoms with Crippen LogP contribution >= 0.6 is 0 Å². The van der Waals surface area contributed by atoms with Crippen LogP contribution in [0.2, 0.25) is 0 Å². The summed E-state index contributed by atoms with van der Waals surface area (Å²) in [6, 6.07) is 0. The van der Waals surface area contributed by atoms with Crippen LogP contribution in [0, 0.1) is 5.92 Å². The summed E-state index contributed by atoms with van der Waals surface area (Å²) in [5, 5.41) is 0. The Labute approximate surface area is 110 Å². The normalized spacial score (nSPS) is 16.8. The molecule has 100 valence electrons. The second kappa shape index (κ2) is 6.14. The predicted molar refractivity (Wildman–Crippen MR) is 74.8 cm³/mol. The highest BCUT2D eigenvalue weighted by Gasteiger charge is 2.17. The lowest BCUT2D eigenvalue weighted by Crippen LogP contribution is -2.30. The number of rotatable bonds is 4. The smallest absolute Gasteiger partial charge is 0.135 e. The number of fused-ring (bicyclic) bond motifs is 1. The molecule has 0 bridgehead atoms. The summed E-state index contributed by atoms with van der Waals surface area (Å²) in [7, 11) is 2.11. The van der Waals surface area contributed by atoms with Crippen LogP contribution in [0.25, 0.3) is 0 Å². The van der Waals surface area contributed by atoms with Gasteiger partial charge in [0, 0.05) is 24.8 Å². The highest BCUT2D eigenvalue weighted by atomic mass is 15.2. The van der Waals surface area contributed by atoms with E-state index in [4.69, 9.17) is 5.73 Å². The lowest BCUT2D eigenvalue weighted by atomic mass is 10.1. The third kappa shape index (κ3) is 2.99. The van der Waals surface area contributed by atoms with Crippen LogP contribution in [0.3, 0.4) is 0 Å². The van der Waals surface area contributed by atoms with Gasteiger partial charge in [0.25, 0.3) is 0 Å². The van der Waals surface area contributed by atoms with Crippen LogP contribution in [0.5, 0.6) is 0 Å². The lowest BCUT2D eigenvalue weighted by Gasteiger charge is -2.24. The maximum Gasteiger partial charge on any atom is 0.135 e. The minimum atomic E-state index is 0.492. The standard InChI is InChI=1S/C14H24N4/c1-11(8-15)9-18(2)14-12-6-4-3-5-7-13(12)16-10-17-14/h10-11H,3-9,15H2,1-2H3. The summed E-state index contributed by atoms with van der Waals surface area (Å²) >= 11 is 0. The molecule has 1 aliphatic carbocycles. The number of aryl methyl sites for hydroxylation is 1. The summed E-state index contributed by atoms with van der Waals surface area (Å²) in [5.41, 5.74) is 8.32. The first-order chi connectivity index (χ1) is 8.72. The van der Waals surface area contributed by atoms with E-state index in [0.29, 0.717) is 5.92 Å². The maximum absolute atomic E-state index is 5.70. The largest absolute Gasteiger partial charge is 0.359 e. The van der Waals surface area contributed by atoms with E-state index in [-0.39, 0.29) is 0 Å². The number of hydrogen-bond acceptors (Lipinski definition) is 4. The van der Waals surface area contributed by atoms with Gasteiger partial charge in [-0.05, 0) is 38.1 Å². The Hall–Kier alpha value is -1.16. The van der Waals surface area contributed by atoms with E-state index in [1.165, 1.54) is 30.5 Å². The maximum atomic E-state index is 5.70. The predicted octanol–water partition coefficient (Wildman–Crippen LogP) is 1.78. The number of hydrogen-bond donors (Lipinski definition) is 1. The molecule has 0 spiro atoms. The van der Waals surface area contributed by atoms with Gasteiger partial charge in [-0.3, -0.25) is 0 Å². The van der Waals surface area contributed by atoms with E-state index in [1.807, 2.05) is 0 Å². The molecule has 0 aliphatic heterocycles. The second-order valence-corrected chi connectivity index (χ2v) is 5.40. The molecule has 0 aromatic carbocycles. The Balaban J connectivity index is 2.22. The molecule has 18 heavy (non-hydrogen) atoms. The molecule has 1 aromatic rings. The summed E-state index contributed by atoms with van der Waals surface area (Å²) in [4.78, 5) is 11.2. The molecule has 1 unspecified atom stereocenters. The van der Waals surface area contributed by atoms with Crippen LogP contribution in [-0.4, -0.2) is 30.1 Å². The minimum absolute atomic E-state index is 0.492. The molecular formula is C14H24N4. The van der Waals surface area contributed by atoms with Gasteiger partial charge in [0.1, 0.15) is 12.1 Å². The quantitative estimate of drug-likeness (QED) is 0.825. The number of anilines is 1. The highest BCUT2D eigenvalue weighted by molar-refractivity contribution is 5.48. The van der Waals surface area contributed by atoms with Crippen molar-refractivity contribution in [3.8, 4) is 0 Å². The fourth-order valence-electron chi connectivity index (χ4n) is 2.64. The Morgan fingerprint density at radius 1 is 1.28 bits per heavy atom. The molecule has 1 aromatic heterocycles. The molecule has 0 saturated heterocycles. The Bertz CT molecular complexity index is 391. The van der Waals surface area contributed by atoms with Gasteiger partial charge in [-0.2, -0.15) is 0 Å². The average Bonchev–Trinajstić information content (AvgIpc) is 2.63. The molecule has 4 heteroatoms. The molecule has 2 N–H and O–H groups in total. The van der Waals surface area contributed by atoms with Crippen molar-refractivity contribution < 1.29 is 0 Å². The molecule has 0 fully saturated rings. The minimum Gasteiger partial charge on any atom is -0.359 e. The summed E-state index contributed by atoms with van der Waals surface area (Å²) in [6.07, 6.45) is 7.75. The van der Waals surface area contributed by atoms with Crippen LogP contribution in [0.4, 0.5) is 5.82 Å². The SMILES string of the molecule is CC(CN)CN(C)c1ncnc2c1CCCCC2. The van der Waals surface area contributed by atoms with Crippen molar-refractivity contribution in [3.63, 3.8) is 0 Å². The van der Waals surface area contributed by atoms with Crippen molar-refractivity contribution in [3.05, 3.63) is 17.6 Å².